The molecule has 25 heavy (non-hydrogen) atoms. The molecule has 0 aliphatic rings. The second-order valence-corrected chi connectivity index (χ2v) is 5.16. The van der Waals surface area contributed by atoms with Crippen LogP contribution in [0.2, 0.25) is 0 Å². The van der Waals surface area contributed by atoms with E-state index in [0.717, 1.165) is 56.5 Å². The van der Waals surface area contributed by atoms with Gasteiger partial charge in [0.1, 0.15) is 5.75 Å². The monoisotopic (exact) mass is 465 g/mol. The molecule has 0 aliphatic carbocycles. The van der Waals surface area contributed by atoms with Gasteiger partial charge in [-0.25, -0.2) is 0 Å². The summed E-state index contributed by atoms with van der Waals surface area (Å²) < 4.78 is 16.1. The fraction of sp³-hybridized carbons (Fsp3) is 0.611. The van der Waals surface area contributed by atoms with Gasteiger partial charge < -0.3 is 24.8 Å². The van der Waals surface area contributed by atoms with Crippen LogP contribution in [0.15, 0.2) is 29.3 Å². The SMILES string of the molecule is CCNC(=NCCCOCC)Nc1cccc(OCCCOC)c1.I. The third kappa shape index (κ3) is 12.0. The van der Waals surface area contributed by atoms with Gasteiger partial charge in [0, 0.05) is 58.2 Å². The molecular formula is C18H32IN3O3. The Morgan fingerprint density at radius 2 is 1.96 bits per heavy atom. The Balaban J connectivity index is 0.00000576. The number of rotatable bonds is 12. The van der Waals surface area contributed by atoms with Crippen LogP contribution >= 0.6 is 24.0 Å². The smallest absolute Gasteiger partial charge is 0.195 e. The van der Waals surface area contributed by atoms with E-state index in [-0.39, 0.29) is 24.0 Å². The molecule has 0 aliphatic heterocycles. The lowest BCUT2D eigenvalue weighted by Gasteiger charge is -2.13. The van der Waals surface area contributed by atoms with Gasteiger partial charge in [0.25, 0.3) is 0 Å². The highest BCUT2D eigenvalue weighted by molar-refractivity contribution is 14.0. The highest BCUT2D eigenvalue weighted by atomic mass is 127. The molecule has 0 atom stereocenters. The molecule has 144 valence electrons. The van der Waals surface area contributed by atoms with Crippen LogP contribution in [0.5, 0.6) is 5.75 Å². The van der Waals surface area contributed by atoms with Crippen LogP contribution in [0, 0.1) is 0 Å². The molecule has 0 spiro atoms. The maximum absolute atomic E-state index is 5.72. The number of ether oxygens (including phenoxy) is 3. The number of aliphatic imine (C=N–C) groups is 1. The van der Waals surface area contributed by atoms with Crippen molar-refractivity contribution in [3.63, 3.8) is 0 Å². The molecule has 0 radical (unpaired) electrons. The molecule has 6 nitrogen and oxygen atoms in total. The van der Waals surface area contributed by atoms with E-state index >= 15 is 0 Å². The number of benzene rings is 1. The zero-order valence-electron chi connectivity index (χ0n) is 15.5. The molecule has 1 aromatic carbocycles. The van der Waals surface area contributed by atoms with Gasteiger partial charge in [-0.2, -0.15) is 0 Å². The molecule has 0 bridgehead atoms. The van der Waals surface area contributed by atoms with Gasteiger partial charge in [0.05, 0.1) is 6.61 Å². The minimum absolute atomic E-state index is 0. The van der Waals surface area contributed by atoms with Crippen LogP contribution in [0.3, 0.4) is 0 Å². The molecule has 2 N–H and O–H groups in total. The van der Waals surface area contributed by atoms with Crippen LogP contribution in [-0.2, 0) is 9.47 Å². The van der Waals surface area contributed by atoms with Crippen molar-refractivity contribution in [1.82, 2.24) is 5.32 Å². The highest BCUT2D eigenvalue weighted by Gasteiger charge is 2.01. The van der Waals surface area contributed by atoms with Crippen molar-refractivity contribution in [2.45, 2.75) is 26.7 Å². The van der Waals surface area contributed by atoms with Crippen LogP contribution < -0.4 is 15.4 Å². The van der Waals surface area contributed by atoms with Gasteiger partial charge in [0.15, 0.2) is 5.96 Å². The van der Waals surface area contributed by atoms with Crippen LogP contribution in [-0.4, -0.2) is 52.6 Å². The lowest BCUT2D eigenvalue weighted by atomic mass is 10.3. The van der Waals surface area contributed by atoms with Crippen molar-refractivity contribution >= 4 is 35.6 Å². The van der Waals surface area contributed by atoms with Crippen molar-refractivity contribution in [3.05, 3.63) is 24.3 Å². The predicted molar refractivity (Wildman–Crippen MR) is 115 cm³/mol. The number of hydrogen-bond acceptors (Lipinski definition) is 4. The molecular weight excluding hydrogens is 433 g/mol. The van der Waals surface area contributed by atoms with Gasteiger partial charge in [0.2, 0.25) is 0 Å². The van der Waals surface area contributed by atoms with Gasteiger partial charge in [-0.1, -0.05) is 6.07 Å². The first kappa shape index (κ1) is 23.9. The van der Waals surface area contributed by atoms with Crippen LogP contribution in [0.25, 0.3) is 0 Å². The maximum atomic E-state index is 5.72. The average Bonchev–Trinajstić information content (AvgIpc) is 2.59. The summed E-state index contributed by atoms with van der Waals surface area (Å²) in [6.07, 6.45) is 1.78. The summed E-state index contributed by atoms with van der Waals surface area (Å²) in [5.74, 6) is 1.61. The summed E-state index contributed by atoms with van der Waals surface area (Å²) in [4.78, 5) is 4.55. The molecule has 0 saturated carbocycles. The summed E-state index contributed by atoms with van der Waals surface area (Å²) in [5, 5.41) is 6.55. The van der Waals surface area contributed by atoms with Crippen molar-refractivity contribution in [2.75, 3.05) is 51.9 Å². The van der Waals surface area contributed by atoms with Crippen molar-refractivity contribution < 1.29 is 14.2 Å². The number of anilines is 1. The summed E-state index contributed by atoms with van der Waals surface area (Å²) in [7, 11) is 1.69. The number of nitrogens with one attached hydrogen (secondary N) is 2. The molecule has 1 aromatic rings. The highest BCUT2D eigenvalue weighted by Crippen LogP contribution is 2.17. The lowest BCUT2D eigenvalue weighted by molar-refractivity contribution is 0.146. The number of halogens is 1. The van der Waals surface area contributed by atoms with E-state index in [4.69, 9.17) is 14.2 Å². The second-order valence-electron chi connectivity index (χ2n) is 5.16. The Kier molecular flexibility index (Phi) is 15.7. The fourth-order valence-corrected chi connectivity index (χ4v) is 2.00. The van der Waals surface area contributed by atoms with Gasteiger partial charge in [-0.3, -0.25) is 4.99 Å². The van der Waals surface area contributed by atoms with E-state index < -0.39 is 0 Å². The first-order chi connectivity index (χ1) is 11.8. The molecule has 0 unspecified atom stereocenters. The molecule has 0 heterocycles. The van der Waals surface area contributed by atoms with E-state index in [1.54, 1.807) is 7.11 Å². The largest absolute Gasteiger partial charge is 0.493 e. The Morgan fingerprint density at radius 3 is 2.68 bits per heavy atom. The topological polar surface area (TPSA) is 64.1 Å². The van der Waals surface area contributed by atoms with E-state index in [2.05, 4.69) is 15.6 Å². The molecule has 0 amide bonds. The minimum atomic E-state index is 0. The first-order valence-electron chi connectivity index (χ1n) is 8.65. The summed E-state index contributed by atoms with van der Waals surface area (Å²) in [5.41, 5.74) is 0.948. The summed E-state index contributed by atoms with van der Waals surface area (Å²) >= 11 is 0. The zero-order chi connectivity index (χ0) is 17.5. The van der Waals surface area contributed by atoms with E-state index in [1.807, 2.05) is 38.1 Å². The molecule has 0 aromatic heterocycles. The Hall–Kier alpha value is -1.06. The average molecular weight is 465 g/mol. The van der Waals surface area contributed by atoms with Crippen LogP contribution in [0.1, 0.15) is 26.7 Å². The quantitative estimate of drug-likeness (QED) is 0.214. The molecule has 1 rings (SSSR count). The number of nitrogens with zero attached hydrogens (tertiary/aromatic N) is 1. The number of methoxy groups -OCH3 is 1. The number of guanidine groups is 1. The fourth-order valence-electron chi connectivity index (χ4n) is 2.00. The molecule has 0 fully saturated rings. The zero-order valence-corrected chi connectivity index (χ0v) is 17.9. The normalized spacial score (nSPS) is 10.9. The third-order valence-electron chi connectivity index (χ3n) is 3.12. The summed E-state index contributed by atoms with van der Waals surface area (Å²) in [6, 6.07) is 7.88. The van der Waals surface area contributed by atoms with Gasteiger partial charge >= 0.3 is 0 Å². The Bertz CT molecular complexity index is 473. The number of hydrogen-bond donors (Lipinski definition) is 2. The predicted octanol–water partition coefficient (Wildman–Crippen LogP) is 3.52. The van der Waals surface area contributed by atoms with Crippen molar-refractivity contribution in [1.29, 1.82) is 0 Å². The standard InChI is InChI=1S/C18H31N3O3.HI/c1-4-19-18(20-11-7-13-23-5-2)21-16-9-6-10-17(15-16)24-14-8-12-22-3;/h6,9-10,15H,4-5,7-8,11-14H2,1-3H3,(H2,19,20,21);1H. The van der Waals surface area contributed by atoms with E-state index in [1.165, 1.54) is 0 Å². The Morgan fingerprint density at radius 1 is 1.12 bits per heavy atom. The summed E-state index contributed by atoms with van der Waals surface area (Å²) in [6.45, 7) is 8.42. The minimum Gasteiger partial charge on any atom is -0.493 e. The molecule has 7 heteroatoms. The lowest BCUT2D eigenvalue weighted by Crippen LogP contribution is -2.30. The molecule has 0 saturated heterocycles. The van der Waals surface area contributed by atoms with Crippen molar-refractivity contribution in [3.8, 4) is 5.75 Å². The Labute approximate surface area is 168 Å². The maximum Gasteiger partial charge on any atom is 0.195 e. The van der Waals surface area contributed by atoms with Gasteiger partial charge in [-0.05, 0) is 32.4 Å². The first-order valence-corrected chi connectivity index (χ1v) is 8.65. The second kappa shape index (κ2) is 16.4. The van der Waals surface area contributed by atoms with Gasteiger partial charge in [-0.15, -0.1) is 24.0 Å². The van der Waals surface area contributed by atoms with Crippen LogP contribution in [0.4, 0.5) is 5.69 Å². The van der Waals surface area contributed by atoms with Crippen molar-refractivity contribution in [2.24, 2.45) is 4.99 Å². The van der Waals surface area contributed by atoms with E-state index in [9.17, 15) is 0 Å². The third-order valence-corrected chi connectivity index (χ3v) is 3.12. The van der Waals surface area contributed by atoms with E-state index in [0.29, 0.717) is 13.2 Å².